The number of piperidine rings is 1. The number of carbonyl (C=O) groups excluding carboxylic acids is 1. The Kier molecular flexibility index (Phi) is 5.04. The molecule has 3 aromatic rings. The number of rotatable bonds is 3. The van der Waals surface area contributed by atoms with Crippen LogP contribution in [0.4, 0.5) is 0 Å². The minimum absolute atomic E-state index is 0.0635. The molecule has 0 aromatic carbocycles. The average molecular weight is 428 g/mol. The molecule has 1 amide bonds. The van der Waals surface area contributed by atoms with E-state index in [1.165, 1.54) is 46.5 Å². The minimum atomic E-state index is -0.108. The van der Waals surface area contributed by atoms with Gasteiger partial charge in [-0.15, -0.1) is 22.7 Å². The van der Waals surface area contributed by atoms with Crippen molar-refractivity contribution in [2.45, 2.75) is 58.0 Å². The molecule has 7 heteroatoms. The van der Waals surface area contributed by atoms with E-state index in [-0.39, 0.29) is 18.0 Å². The van der Waals surface area contributed by atoms with E-state index >= 15 is 0 Å². The number of carbonyl (C=O) groups is 1. The highest BCUT2D eigenvalue weighted by molar-refractivity contribution is 7.19. The van der Waals surface area contributed by atoms with E-state index < -0.39 is 0 Å². The Balaban J connectivity index is 1.45. The Morgan fingerprint density at radius 3 is 2.86 bits per heavy atom. The van der Waals surface area contributed by atoms with Crippen LogP contribution in [-0.4, -0.2) is 32.9 Å². The van der Waals surface area contributed by atoms with Crippen molar-refractivity contribution in [2.24, 2.45) is 5.92 Å². The average Bonchev–Trinajstić information content (AvgIpc) is 3.36. The molecule has 1 saturated carbocycles. The standard InChI is InChI=1S/C22H25N3O2S2/c1-14-8-9-18(29-14)16-12-28-21-20(16)22(27)24(13-23-21)11-19(26)25-10-4-6-15-5-2-3-7-17(15)25/h8-9,12-13,15,17H,2-7,10-11H2,1H3/t15-,17-/m1/s1. The summed E-state index contributed by atoms with van der Waals surface area (Å²) in [6, 6.07) is 4.49. The molecule has 1 aliphatic heterocycles. The maximum atomic E-state index is 13.3. The van der Waals surface area contributed by atoms with Gasteiger partial charge in [-0.3, -0.25) is 14.2 Å². The summed E-state index contributed by atoms with van der Waals surface area (Å²) in [5.74, 6) is 0.706. The van der Waals surface area contributed by atoms with Crippen molar-refractivity contribution >= 4 is 38.8 Å². The first-order chi connectivity index (χ1) is 14.1. The zero-order chi connectivity index (χ0) is 20.0. The molecule has 0 unspecified atom stereocenters. The summed E-state index contributed by atoms with van der Waals surface area (Å²) in [4.78, 5) is 36.0. The van der Waals surface area contributed by atoms with E-state index in [1.54, 1.807) is 17.7 Å². The number of thiophene rings is 2. The van der Waals surface area contributed by atoms with Crippen molar-refractivity contribution in [1.29, 1.82) is 0 Å². The molecule has 152 valence electrons. The second kappa shape index (κ2) is 7.69. The minimum Gasteiger partial charge on any atom is -0.338 e. The number of aryl methyl sites for hydroxylation is 1. The van der Waals surface area contributed by atoms with Crippen molar-refractivity contribution < 1.29 is 4.79 Å². The summed E-state index contributed by atoms with van der Waals surface area (Å²) >= 11 is 3.17. The van der Waals surface area contributed by atoms with Gasteiger partial charge in [0.2, 0.25) is 5.91 Å². The molecule has 2 aliphatic rings. The Labute approximate surface area is 178 Å². The number of nitrogens with zero attached hydrogens (tertiary/aromatic N) is 3. The number of amides is 1. The fourth-order valence-corrected chi connectivity index (χ4v) is 6.87. The molecule has 5 rings (SSSR count). The van der Waals surface area contributed by atoms with E-state index in [0.29, 0.717) is 17.3 Å². The first kappa shape index (κ1) is 19.0. The molecule has 2 fully saturated rings. The molecule has 1 aliphatic carbocycles. The van der Waals surface area contributed by atoms with Crippen LogP contribution < -0.4 is 5.56 Å². The lowest BCUT2D eigenvalue weighted by atomic mass is 9.78. The Morgan fingerprint density at radius 2 is 2.03 bits per heavy atom. The fraction of sp³-hybridized carbons (Fsp3) is 0.500. The highest BCUT2D eigenvalue weighted by atomic mass is 32.1. The van der Waals surface area contributed by atoms with Gasteiger partial charge in [-0.1, -0.05) is 12.8 Å². The lowest BCUT2D eigenvalue weighted by molar-refractivity contribution is -0.138. The first-order valence-corrected chi connectivity index (χ1v) is 12.1. The van der Waals surface area contributed by atoms with Gasteiger partial charge in [-0.2, -0.15) is 0 Å². The summed E-state index contributed by atoms with van der Waals surface area (Å²) in [5, 5.41) is 2.65. The molecule has 0 spiro atoms. The first-order valence-electron chi connectivity index (χ1n) is 10.4. The number of likely N-dealkylation sites (tertiary alicyclic amines) is 1. The van der Waals surface area contributed by atoms with Crippen LogP contribution in [-0.2, 0) is 11.3 Å². The lowest BCUT2D eigenvalue weighted by Crippen LogP contribution is -2.51. The Bertz CT molecular complexity index is 1110. The zero-order valence-electron chi connectivity index (χ0n) is 16.6. The fourth-order valence-electron chi connectivity index (χ4n) is 5.01. The molecular formula is C22H25N3O2S2. The summed E-state index contributed by atoms with van der Waals surface area (Å²) < 4.78 is 1.51. The molecule has 5 nitrogen and oxygen atoms in total. The quantitative estimate of drug-likeness (QED) is 0.610. The van der Waals surface area contributed by atoms with Gasteiger partial charge in [0.15, 0.2) is 0 Å². The van der Waals surface area contributed by atoms with Gasteiger partial charge in [-0.05, 0) is 50.7 Å². The van der Waals surface area contributed by atoms with Crippen LogP contribution in [0.25, 0.3) is 20.7 Å². The molecule has 3 aromatic heterocycles. The van der Waals surface area contributed by atoms with Gasteiger partial charge in [0.05, 0.1) is 11.7 Å². The Hall–Kier alpha value is -1.99. The van der Waals surface area contributed by atoms with E-state index in [4.69, 9.17) is 0 Å². The van der Waals surface area contributed by atoms with Crippen molar-refractivity contribution in [3.05, 3.63) is 39.1 Å². The predicted octanol–water partition coefficient (Wildman–Crippen LogP) is 4.68. The van der Waals surface area contributed by atoms with Gasteiger partial charge >= 0.3 is 0 Å². The lowest BCUT2D eigenvalue weighted by Gasteiger charge is -2.44. The summed E-state index contributed by atoms with van der Waals surface area (Å²) in [6.07, 6.45) is 8.69. The number of aromatic nitrogens is 2. The van der Waals surface area contributed by atoms with Crippen LogP contribution in [0.2, 0.25) is 0 Å². The monoisotopic (exact) mass is 427 g/mol. The van der Waals surface area contributed by atoms with Gasteiger partial charge in [0.1, 0.15) is 11.4 Å². The van der Waals surface area contributed by atoms with Crippen LogP contribution in [0.5, 0.6) is 0 Å². The smallest absolute Gasteiger partial charge is 0.263 e. The van der Waals surface area contributed by atoms with Crippen molar-refractivity contribution in [3.8, 4) is 10.4 Å². The number of fused-ring (bicyclic) bond motifs is 2. The normalized spacial score (nSPS) is 22.0. The van der Waals surface area contributed by atoms with Gasteiger partial charge in [-0.25, -0.2) is 4.98 Å². The number of hydrogen-bond acceptors (Lipinski definition) is 5. The molecule has 1 saturated heterocycles. The number of hydrogen-bond donors (Lipinski definition) is 0. The van der Waals surface area contributed by atoms with Crippen LogP contribution in [0.3, 0.4) is 0 Å². The van der Waals surface area contributed by atoms with E-state index in [2.05, 4.69) is 28.9 Å². The maximum absolute atomic E-state index is 13.3. The van der Waals surface area contributed by atoms with E-state index in [9.17, 15) is 9.59 Å². The van der Waals surface area contributed by atoms with Crippen molar-refractivity contribution in [1.82, 2.24) is 14.5 Å². The maximum Gasteiger partial charge on any atom is 0.263 e. The third-order valence-corrected chi connectivity index (χ3v) is 8.36. The molecule has 2 atom stereocenters. The molecule has 29 heavy (non-hydrogen) atoms. The largest absolute Gasteiger partial charge is 0.338 e. The van der Waals surface area contributed by atoms with Gasteiger partial charge < -0.3 is 4.90 Å². The van der Waals surface area contributed by atoms with E-state index in [0.717, 1.165) is 34.7 Å². The topological polar surface area (TPSA) is 55.2 Å². The highest BCUT2D eigenvalue weighted by Gasteiger charge is 2.35. The molecular weight excluding hydrogens is 402 g/mol. The second-order valence-electron chi connectivity index (χ2n) is 8.26. The van der Waals surface area contributed by atoms with Crippen LogP contribution >= 0.6 is 22.7 Å². The SMILES string of the molecule is Cc1ccc(-c2csc3ncn(CC(=O)N4CCC[C@H]5CCCC[C@H]54)c(=O)c23)s1. The molecule has 0 radical (unpaired) electrons. The van der Waals surface area contributed by atoms with Gasteiger partial charge in [0, 0.05) is 33.3 Å². The van der Waals surface area contributed by atoms with Crippen LogP contribution in [0, 0.1) is 12.8 Å². The molecule has 4 heterocycles. The third-order valence-electron chi connectivity index (χ3n) is 6.44. The summed E-state index contributed by atoms with van der Waals surface area (Å²) in [5.41, 5.74) is 0.829. The molecule has 0 bridgehead atoms. The van der Waals surface area contributed by atoms with Crippen LogP contribution in [0.15, 0.2) is 28.6 Å². The molecule has 0 N–H and O–H groups in total. The summed E-state index contributed by atoms with van der Waals surface area (Å²) in [6.45, 7) is 2.97. The predicted molar refractivity (Wildman–Crippen MR) is 119 cm³/mol. The van der Waals surface area contributed by atoms with Crippen molar-refractivity contribution in [3.63, 3.8) is 0 Å². The highest BCUT2D eigenvalue weighted by Crippen LogP contribution is 2.36. The Morgan fingerprint density at radius 1 is 1.21 bits per heavy atom. The van der Waals surface area contributed by atoms with Crippen LogP contribution in [0.1, 0.15) is 43.4 Å². The zero-order valence-corrected chi connectivity index (χ0v) is 18.2. The third kappa shape index (κ3) is 3.44. The van der Waals surface area contributed by atoms with Crippen molar-refractivity contribution in [2.75, 3.05) is 6.54 Å². The second-order valence-corrected chi connectivity index (χ2v) is 10.4. The van der Waals surface area contributed by atoms with E-state index in [1.807, 2.05) is 5.38 Å². The van der Waals surface area contributed by atoms with Gasteiger partial charge in [0.25, 0.3) is 5.56 Å². The summed E-state index contributed by atoms with van der Waals surface area (Å²) in [7, 11) is 0.